The number of nitrogens with zero attached hydrogens (tertiary/aromatic N) is 2. The van der Waals surface area contributed by atoms with E-state index >= 15 is 0 Å². The Bertz CT molecular complexity index is 586. The van der Waals surface area contributed by atoms with Gasteiger partial charge in [-0.1, -0.05) is 6.92 Å². The van der Waals surface area contributed by atoms with Gasteiger partial charge in [-0.15, -0.1) is 11.3 Å². The van der Waals surface area contributed by atoms with Gasteiger partial charge in [0.1, 0.15) is 11.9 Å². The number of aromatic nitrogens is 1. The minimum atomic E-state index is 0.586. The van der Waals surface area contributed by atoms with Crippen molar-refractivity contribution in [3.8, 4) is 16.6 Å². The third kappa shape index (κ3) is 2.89. The van der Waals surface area contributed by atoms with E-state index in [-0.39, 0.29) is 0 Å². The lowest BCUT2D eigenvalue weighted by atomic mass is 10.2. The van der Waals surface area contributed by atoms with Crippen molar-refractivity contribution < 1.29 is 0 Å². The fraction of sp³-hybridized carbons (Fsp3) is 0.231. The Morgan fingerprint density at radius 3 is 2.83 bits per heavy atom. The maximum absolute atomic E-state index is 9.05. The molecular weight excluding hydrogens is 310 g/mol. The summed E-state index contributed by atoms with van der Waals surface area (Å²) in [6.45, 7) is 2.90. The van der Waals surface area contributed by atoms with E-state index < -0.39 is 0 Å². The lowest BCUT2D eigenvalue weighted by Crippen LogP contribution is -2.04. The second-order valence-corrected chi connectivity index (χ2v) is 6.20. The van der Waals surface area contributed by atoms with Crippen molar-refractivity contribution in [3.63, 3.8) is 0 Å². The molecule has 0 aliphatic carbocycles. The van der Waals surface area contributed by atoms with E-state index in [0.29, 0.717) is 11.4 Å². The van der Waals surface area contributed by atoms with Crippen molar-refractivity contribution in [2.75, 3.05) is 11.9 Å². The maximum Gasteiger partial charge on any atom is 0.144 e. The summed E-state index contributed by atoms with van der Waals surface area (Å²) in [6, 6.07) is 9.87. The molecule has 0 atom stereocenters. The zero-order valence-corrected chi connectivity index (χ0v) is 12.3. The number of rotatable bonds is 4. The minimum Gasteiger partial charge on any atom is -0.369 e. The topological polar surface area (TPSA) is 48.7 Å². The highest BCUT2D eigenvalue weighted by atomic mass is 79.9. The molecule has 0 saturated heterocycles. The second-order valence-electron chi connectivity index (χ2n) is 3.73. The predicted molar refractivity (Wildman–Crippen MR) is 78.7 cm³/mol. The number of nitrogens with one attached hydrogen (secondary N) is 1. The molecule has 0 aromatic carbocycles. The third-order valence-corrected chi connectivity index (χ3v) is 4.03. The number of pyridine rings is 1. The molecule has 0 aliphatic rings. The molecule has 2 aromatic heterocycles. The standard InChI is InChI=1S/C13H12BrN3S/c1-2-7-16-13-9(8-15)3-4-10(17-13)11-5-6-12(14)18-11/h3-6H,2,7H2,1H3,(H,16,17). The van der Waals surface area contributed by atoms with Gasteiger partial charge in [0, 0.05) is 6.54 Å². The fourth-order valence-electron chi connectivity index (χ4n) is 1.52. The molecule has 2 rings (SSSR count). The molecule has 0 aliphatic heterocycles. The Hall–Kier alpha value is -1.38. The first-order valence-corrected chi connectivity index (χ1v) is 7.26. The summed E-state index contributed by atoms with van der Waals surface area (Å²) in [5.41, 5.74) is 1.48. The third-order valence-electron chi connectivity index (χ3n) is 2.38. The van der Waals surface area contributed by atoms with E-state index in [4.69, 9.17) is 5.26 Å². The van der Waals surface area contributed by atoms with Gasteiger partial charge in [0.25, 0.3) is 0 Å². The van der Waals surface area contributed by atoms with Gasteiger partial charge in [-0.3, -0.25) is 0 Å². The summed E-state index contributed by atoms with van der Waals surface area (Å²) < 4.78 is 1.08. The maximum atomic E-state index is 9.05. The number of hydrogen-bond acceptors (Lipinski definition) is 4. The van der Waals surface area contributed by atoms with Gasteiger partial charge in [-0.05, 0) is 46.6 Å². The highest BCUT2D eigenvalue weighted by Crippen LogP contribution is 2.31. The lowest BCUT2D eigenvalue weighted by molar-refractivity contribution is 0.968. The van der Waals surface area contributed by atoms with Gasteiger partial charge in [0.05, 0.1) is 19.9 Å². The van der Waals surface area contributed by atoms with Gasteiger partial charge in [0.15, 0.2) is 0 Å². The van der Waals surface area contributed by atoms with E-state index in [9.17, 15) is 0 Å². The Morgan fingerprint density at radius 2 is 2.22 bits per heavy atom. The van der Waals surface area contributed by atoms with Crippen molar-refractivity contribution in [1.82, 2.24) is 4.98 Å². The summed E-state index contributed by atoms with van der Waals surface area (Å²) in [7, 11) is 0. The van der Waals surface area contributed by atoms with Crippen LogP contribution in [0.1, 0.15) is 18.9 Å². The average Bonchev–Trinajstić information content (AvgIpc) is 2.82. The predicted octanol–water partition coefficient (Wildman–Crippen LogP) is 4.27. The number of nitriles is 1. The second kappa shape index (κ2) is 5.98. The van der Waals surface area contributed by atoms with Gasteiger partial charge in [0.2, 0.25) is 0 Å². The SMILES string of the molecule is CCCNc1nc(-c2ccc(Br)s2)ccc1C#N. The molecule has 0 unspecified atom stereocenters. The van der Waals surface area contributed by atoms with Gasteiger partial charge in [-0.2, -0.15) is 5.26 Å². The molecule has 0 spiro atoms. The van der Waals surface area contributed by atoms with Crippen LogP contribution in [0.15, 0.2) is 28.1 Å². The van der Waals surface area contributed by atoms with Crippen LogP contribution >= 0.6 is 27.3 Å². The molecule has 0 saturated carbocycles. The summed E-state index contributed by atoms with van der Waals surface area (Å²) >= 11 is 5.07. The first-order valence-electron chi connectivity index (χ1n) is 5.65. The molecule has 3 nitrogen and oxygen atoms in total. The van der Waals surface area contributed by atoms with Crippen molar-refractivity contribution in [1.29, 1.82) is 5.26 Å². The summed E-state index contributed by atoms with van der Waals surface area (Å²) in [6.07, 6.45) is 1.00. The largest absolute Gasteiger partial charge is 0.369 e. The van der Waals surface area contributed by atoms with Gasteiger partial charge in [-0.25, -0.2) is 4.98 Å². The fourth-order valence-corrected chi connectivity index (χ4v) is 2.87. The minimum absolute atomic E-state index is 0.586. The number of halogens is 1. The van der Waals surface area contributed by atoms with E-state index in [1.54, 1.807) is 11.3 Å². The first kappa shape index (κ1) is 13.1. The normalized spacial score (nSPS) is 10.1. The van der Waals surface area contributed by atoms with Crippen LogP contribution < -0.4 is 5.32 Å². The number of thiophene rings is 1. The molecule has 5 heteroatoms. The number of hydrogen-bond donors (Lipinski definition) is 1. The Kier molecular flexibility index (Phi) is 4.34. The Balaban J connectivity index is 2.36. The molecule has 1 N–H and O–H groups in total. The summed E-state index contributed by atoms with van der Waals surface area (Å²) in [4.78, 5) is 5.61. The zero-order valence-electron chi connectivity index (χ0n) is 9.90. The van der Waals surface area contributed by atoms with Crippen LogP contribution in [0.25, 0.3) is 10.6 Å². The molecular formula is C13H12BrN3S. The van der Waals surface area contributed by atoms with E-state index in [1.165, 1.54) is 0 Å². The molecule has 0 fully saturated rings. The van der Waals surface area contributed by atoms with Gasteiger partial charge < -0.3 is 5.32 Å². The van der Waals surface area contributed by atoms with Crippen LogP contribution in [-0.2, 0) is 0 Å². The van der Waals surface area contributed by atoms with E-state index in [1.807, 2.05) is 24.3 Å². The molecule has 18 heavy (non-hydrogen) atoms. The van der Waals surface area contributed by atoms with Crippen molar-refractivity contribution >= 4 is 33.1 Å². The lowest BCUT2D eigenvalue weighted by Gasteiger charge is -2.07. The van der Waals surface area contributed by atoms with Crippen LogP contribution in [0.3, 0.4) is 0 Å². The van der Waals surface area contributed by atoms with E-state index in [0.717, 1.165) is 27.3 Å². The molecule has 2 heterocycles. The molecule has 0 bridgehead atoms. The van der Waals surface area contributed by atoms with Crippen molar-refractivity contribution in [3.05, 3.63) is 33.6 Å². The average molecular weight is 322 g/mol. The number of anilines is 1. The van der Waals surface area contributed by atoms with E-state index in [2.05, 4.69) is 39.2 Å². The Morgan fingerprint density at radius 1 is 1.39 bits per heavy atom. The van der Waals surface area contributed by atoms with Crippen LogP contribution in [-0.4, -0.2) is 11.5 Å². The smallest absolute Gasteiger partial charge is 0.144 e. The monoisotopic (exact) mass is 321 g/mol. The molecule has 0 amide bonds. The molecule has 0 radical (unpaired) electrons. The highest BCUT2D eigenvalue weighted by molar-refractivity contribution is 9.11. The molecule has 92 valence electrons. The summed E-state index contributed by atoms with van der Waals surface area (Å²) in [5, 5.41) is 12.2. The van der Waals surface area contributed by atoms with Gasteiger partial charge >= 0.3 is 0 Å². The van der Waals surface area contributed by atoms with Crippen LogP contribution in [0.5, 0.6) is 0 Å². The van der Waals surface area contributed by atoms with Crippen LogP contribution in [0.4, 0.5) is 5.82 Å². The Labute approximate surface area is 119 Å². The molecule has 2 aromatic rings. The first-order chi connectivity index (χ1) is 8.74. The van der Waals surface area contributed by atoms with Crippen LogP contribution in [0, 0.1) is 11.3 Å². The van der Waals surface area contributed by atoms with Crippen LogP contribution in [0.2, 0.25) is 0 Å². The zero-order chi connectivity index (χ0) is 13.0. The van der Waals surface area contributed by atoms with Crippen molar-refractivity contribution in [2.24, 2.45) is 0 Å². The highest BCUT2D eigenvalue weighted by Gasteiger charge is 2.08. The summed E-state index contributed by atoms with van der Waals surface area (Å²) in [5.74, 6) is 0.668. The van der Waals surface area contributed by atoms with Crippen molar-refractivity contribution in [2.45, 2.75) is 13.3 Å². The quantitative estimate of drug-likeness (QED) is 0.914.